The highest BCUT2D eigenvalue weighted by molar-refractivity contribution is 7.89. The monoisotopic (exact) mass is 351 g/mol. The molecule has 3 N–H and O–H groups in total. The molecular formula is C15H21N5O3S. The van der Waals surface area contributed by atoms with E-state index in [9.17, 15) is 8.42 Å². The molecule has 24 heavy (non-hydrogen) atoms. The standard InChI is InChI=1S/C15H21N5O3S/c1-20-15(17-10-18-20)9-23-12-4-6-13(7-5-12)24(21,22)19-8-14(16)11-2-3-11/h4-7,10-11,14,19H,2-3,8-9,16H2,1H3. The second-order valence-corrected chi connectivity index (χ2v) is 7.68. The van der Waals surface area contributed by atoms with Crippen LogP contribution in [0.5, 0.6) is 5.75 Å². The molecule has 1 saturated carbocycles. The quantitative estimate of drug-likeness (QED) is 0.712. The summed E-state index contributed by atoms with van der Waals surface area (Å²) in [4.78, 5) is 4.25. The zero-order chi connectivity index (χ0) is 17.2. The van der Waals surface area contributed by atoms with Crippen molar-refractivity contribution in [3.05, 3.63) is 36.4 Å². The Bertz CT molecular complexity index is 784. The van der Waals surface area contributed by atoms with Gasteiger partial charge in [-0.2, -0.15) is 5.10 Å². The first-order valence-electron chi connectivity index (χ1n) is 7.77. The van der Waals surface area contributed by atoms with Crippen molar-refractivity contribution in [3.63, 3.8) is 0 Å². The number of rotatable bonds is 8. The number of aromatic nitrogens is 3. The molecule has 3 rings (SSSR count). The second kappa shape index (κ2) is 6.88. The van der Waals surface area contributed by atoms with Gasteiger partial charge in [-0.1, -0.05) is 0 Å². The molecule has 1 aliphatic rings. The third-order valence-electron chi connectivity index (χ3n) is 4.04. The van der Waals surface area contributed by atoms with Crippen molar-refractivity contribution in [2.75, 3.05) is 6.54 Å². The van der Waals surface area contributed by atoms with Crippen LogP contribution in [-0.2, 0) is 23.7 Å². The van der Waals surface area contributed by atoms with Crippen LogP contribution in [0.2, 0.25) is 0 Å². The Hall–Kier alpha value is -1.97. The van der Waals surface area contributed by atoms with Crippen LogP contribution in [0.1, 0.15) is 18.7 Å². The topological polar surface area (TPSA) is 112 Å². The first-order valence-corrected chi connectivity index (χ1v) is 9.25. The minimum Gasteiger partial charge on any atom is -0.486 e. The Morgan fingerprint density at radius 1 is 1.38 bits per heavy atom. The van der Waals surface area contributed by atoms with E-state index < -0.39 is 10.0 Å². The van der Waals surface area contributed by atoms with Crippen molar-refractivity contribution in [2.45, 2.75) is 30.4 Å². The fourth-order valence-electron chi connectivity index (χ4n) is 2.29. The first kappa shape index (κ1) is 16.9. The zero-order valence-corrected chi connectivity index (χ0v) is 14.2. The lowest BCUT2D eigenvalue weighted by atomic mass is 10.2. The number of hydrogen-bond acceptors (Lipinski definition) is 6. The predicted molar refractivity (Wildman–Crippen MR) is 87.7 cm³/mol. The van der Waals surface area contributed by atoms with Gasteiger partial charge in [0.1, 0.15) is 18.7 Å². The Morgan fingerprint density at radius 3 is 2.67 bits per heavy atom. The molecule has 1 atom stereocenters. The van der Waals surface area contributed by atoms with E-state index in [2.05, 4.69) is 14.8 Å². The molecule has 0 aliphatic heterocycles. The molecule has 0 amide bonds. The third kappa shape index (κ3) is 4.11. The average molecular weight is 351 g/mol. The van der Waals surface area contributed by atoms with E-state index in [-0.39, 0.29) is 24.1 Å². The number of nitrogens with zero attached hydrogens (tertiary/aromatic N) is 3. The molecule has 0 spiro atoms. The lowest BCUT2D eigenvalue weighted by Crippen LogP contribution is -2.38. The summed E-state index contributed by atoms with van der Waals surface area (Å²) in [7, 11) is -1.78. The Balaban J connectivity index is 1.57. The van der Waals surface area contributed by atoms with E-state index in [1.165, 1.54) is 18.5 Å². The predicted octanol–water partition coefficient (Wildman–Crippen LogP) is 0.410. The van der Waals surface area contributed by atoms with Gasteiger partial charge in [-0.15, -0.1) is 0 Å². The molecular weight excluding hydrogens is 330 g/mol. The van der Waals surface area contributed by atoms with Crippen LogP contribution in [0.25, 0.3) is 0 Å². The number of nitrogens with one attached hydrogen (secondary N) is 1. The van der Waals surface area contributed by atoms with Gasteiger partial charge < -0.3 is 10.5 Å². The molecule has 1 fully saturated rings. The van der Waals surface area contributed by atoms with Gasteiger partial charge in [-0.3, -0.25) is 4.68 Å². The molecule has 1 aromatic heterocycles. The van der Waals surface area contributed by atoms with Crippen LogP contribution in [0.4, 0.5) is 0 Å². The maximum Gasteiger partial charge on any atom is 0.240 e. The van der Waals surface area contributed by atoms with Gasteiger partial charge in [0.05, 0.1) is 4.90 Å². The number of benzene rings is 1. The van der Waals surface area contributed by atoms with Gasteiger partial charge in [-0.25, -0.2) is 18.1 Å². The smallest absolute Gasteiger partial charge is 0.240 e. The van der Waals surface area contributed by atoms with E-state index in [1.54, 1.807) is 23.9 Å². The van der Waals surface area contributed by atoms with Crippen LogP contribution in [0.15, 0.2) is 35.5 Å². The van der Waals surface area contributed by atoms with Crippen molar-refractivity contribution < 1.29 is 13.2 Å². The summed E-state index contributed by atoms with van der Waals surface area (Å²) in [6.45, 7) is 0.522. The van der Waals surface area contributed by atoms with Crippen LogP contribution in [-0.4, -0.2) is 35.8 Å². The third-order valence-corrected chi connectivity index (χ3v) is 5.48. The Labute approximate surface area is 141 Å². The first-order chi connectivity index (χ1) is 11.5. The molecule has 1 heterocycles. The van der Waals surface area contributed by atoms with Crippen molar-refractivity contribution in [2.24, 2.45) is 18.7 Å². The van der Waals surface area contributed by atoms with Gasteiger partial charge in [0.15, 0.2) is 5.82 Å². The van der Waals surface area contributed by atoms with Gasteiger partial charge in [-0.05, 0) is 43.0 Å². The minimum absolute atomic E-state index is 0.117. The SMILES string of the molecule is Cn1ncnc1COc1ccc(S(=O)(=O)NCC(N)C2CC2)cc1. The summed E-state index contributed by atoms with van der Waals surface area (Å²) in [5, 5.41) is 3.95. The van der Waals surface area contributed by atoms with Crippen LogP contribution >= 0.6 is 0 Å². The number of sulfonamides is 1. The van der Waals surface area contributed by atoms with Gasteiger partial charge in [0.25, 0.3) is 0 Å². The zero-order valence-electron chi connectivity index (χ0n) is 13.4. The molecule has 0 bridgehead atoms. The van der Waals surface area contributed by atoms with E-state index in [4.69, 9.17) is 10.5 Å². The summed E-state index contributed by atoms with van der Waals surface area (Å²) >= 11 is 0. The average Bonchev–Trinajstić information content (AvgIpc) is 3.34. The molecule has 130 valence electrons. The summed E-state index contributed by atoms with van der Waals surface area (Å²) < 4.78 is 34.3. The van der Waals surface area contributed by atoms with Crippen LogP contribution < -0.4 is 15.2 Å². The molecule has 1 aromatic carbocycles. The van der Waals surface area contributed by atoms with Gasteiger partial charge in [0.2, 0.25) is 10.0 Å². The maximum atomic E-state index is 12.3. The summed E-state index contributed by atoms with van der Waals surface area (Å²) in [5.41, 5.74) is 5.93. The van der Waals surface area contributed by atoms with Crippen LogP contribution in [0, 0.1) is 5.92 Å². The number of aryl methyl sites for hydroxylation is 1. The van der Waals surface area contributed by atoms with E-state index in [1.807, 2.05) is 0 Å². The molecule has 9 heteroatoms. The molecule has 1 aliphatic carbocycles. The second-order valence-electron chi connectivity index (χ2n) is 5.91. The normalized spacial score (nSPS) is 16.1. The lowest BCUT2D eigenvalue weighted by molar-refractivity contribution is 0.289. The largest absolute Gasteiger partial charge is 0.486 e. The molecule has 8 nitrogen and oxygen atoms in total. The van der Waals surface area contributed by atoms with E-state index in [0.717, 1.165) is 12.8 Å². The highest BCUT2D eigenvalue weighted by atomic mass is 32.2. The van der Waals surface area contributed by atoms with E-state index in [0.29, 0.717) is 17.5 Å². The number of ether oxygens (including phenoxy) is 1. The van der Waals surface area contributed by atoms with Crippen LogP contribution in [0.3, 0.4) is 0 Å². The molecule has 0 radical (unpaired) electrons. The molecule has 1 unspecified atom stereocenters. The van der Waals surface area contributed by atoms with Gasteiger partial charge >= 0.3 is 0 Å². The summed E-state index contributed by atoms with van der Waals surface area (Å²) in [5.74, 6) is 1.69. The van der Waals surface area contributed by atoms with Crippen molar-refractivity contribution >= 4 is 10.0 Å². The van der Waals surface area contributed by atoms with Gasteiger partial charge in [0, 0.05) is 19.6 Å². The summed E-state index contributed by atoms with van der Waals surface area (Å²) in [6, 6.07) is 6.14. The lowest BCUT2D eigenvalue weighted by Gasteiger charge is -2.12. The molecule has 0 saturated heterocycles. The maximum absolute atomic E-state index is 12.3. The molecule has 2 aromatic rings. The summed E-state index contributed by atoms with van der Waals surface area (Å²) in [6.07, 6.45) is 3.62. The number of nitrogens with two attached hydrogens (primary N) is 1. The van der Waals surface area contributed by atoms with Crippen molar-refractivity contribution in [3.8, 4) is 5.75 Å². The Kier molecular flexibility index (Phi) is 4.83. The van der Waals surface area contributed by atoms with Crippen molar-refractivity contribution in [1.29, 1.82) is 0 Å². The fraction of sp³-hybridized carbons (Fsp3) is 0.467. The highest BCUT2D eigenvalue weighted by Crippen LogP contribution is 2.31. The minimum atomic E-state index is -3.55. The van der Waals surface area contributed by atoms with Crippen molar-refractivity contribution in [1.82, 2.24) is 19.5 Å². The Morgan fingerprint density at radius 2 is 2.08 bits per heavy atom. The fourth-order valence-corrected chi connectivity index (χ4v) is 3.37. The highest BCUT2D eigenvalue weighted by Gasteiger charge is 2.29. The van der Waals surface area contributed by atoms with E-state index >= 15 is 0 Å². The number of hydrogen-bond donors (Lipinski definition) is 2.